The SMILES string of the molecule is CCN(CC(=O)Nc1ccccc1C(F)(F)F)C(=O)/C=C/c1c(C)nn(CC(C)C)c1Cl. The summed E-state index contributed by atoms with van der Waals surface area (Å²) in [7, 11) is 0. The van der Waals surface area contributed by atoms with Crippen LogP contribution in [0, 0.1) is 12.8 Å². The minimum atomic E-state index is -4.61. The molecule has 32 heavy (non-hydrogen) atoms. The highest BCUT2D eigenvalue weighted by molar-refractivity contribution is 6.31. The molecule has 1 aromatic carbocycles. The molecule has 2 aromatic rings. The molecule has 1 heterocycles. The van der Waals surface area contributed by atoms with Crippen LogP contribution in [0.15, 0.2) is 30.3 Å². The number of aromatic nitrogens is 2. The maximum Gasteiger partial charge on any atom is 0.418 e. The van der Waals surface area contributed by atoms with Crippen molar-refractivity contribution in [2.45, 2.75) is 40.4 Å². The zero-order valence-electron chi connectivity index (χ0n) is 18.3. The van der Waals surface area contributed by atoms with E-state index in [0.717, 1.165) is 6.07 Å². The van der Waals surface area contributed by atoms with Gasteiger partial charge in [-0.05, 0) is 38.0 Å². The Kier molecular flexibility index (Phi) is 8.49. The summed E-state index contributed by atoms with van der Waals surface area (Å²) in [5.41, 5.74) is -0.0558. The van der Waals surface area contributed by atoms with Crippen LogP contribution in [-0.2, 0) is 22.3 Å². The lowest BCUT2D eigenvalue weighted by Crippen LogP contribution is -2.37. The van der Waals surface area contributed by atoms with Gasteiger partial charge in [-0.15, -0.1) is 0 Å². The van der Waals surface area contributed by atoms with E-state index in [4.69, 9.17) is 11.6 Å². The van der Waals surface area contributed by atoms with Crippen molar-refractivity contribution in [2.75, 3.05) is 18.4 Å². The minimum absolute atomic E-state index is 0.191. The number of hydrogen-bond donors (Lipinski definition) is 1. The molecule has 0 saturated carbocycles. The fourth-order valence-electron chi connectivity index (χ4n) is 3.03. The number of halogens is 4. The zero-order valence-corrected chi connectivity index (χ0v) is 19.1. The third-order valence-corrected chi connectivity index (χ3v) is 4.97. The Bertz CT molecular complexity index is 1000. The molecule has 174 valence electrons. The number of amides is 2. The standard InChI is InChI=1S/C22H26ClF3N4O2/c1-5-29(13-19(31)27-18-9-7-6-8-17(18)22(24,25)26)20(32)11-10-16-15(4)28-30(21(16)23)12-14(2)3/h6-11,14H,5,12-13H2,1-4H3,(H,27,31)/b11-10+. The smallest absolute Gasteiger partial charge is 0.330 e. The van der Waals surface area contributed by atoms with Gasteiger partial charge >= 0.3 is 6.18 Å². The maximum atomic E-state index is 13.1. The Morgan fingerprint density at radius 3 is 2.53 bits per heavy atom. The lowest BCUT2D eigenvalue weighted by atomic mass is 10.1. The highest BCUT2D eigenvalue weighted by atomic mass is 35.5. The van der Waals surface area contributed by atoms with Gasteiger partial charge in [0.2, 0.25) is 11.8 Å². The summed E-state index contributed by atoms with van der Waals surface area (Å²) in [6, 6.07) is 4.67. The Morgan fingerprint density at radius 1 is 1.28 bits per heavy atom. The molecule has 0 aliphatic rings. The number of carbonyl (C=O) groups excluding carboxylic acids is 2. The summed E-state index contributed by atoms with van der Waals surface area (Å²) >= 11 is 6.37. The maximum absolute atomic E-state index is 13.1. The predicted octanol–water partition coefficient (Wildman–Crippen LogP) is 5.02. The number of benzene rings is 1. The van der Waals surface area contributed by atoms with Gasteiger partial charge in [0.15, 0.2) is 0 Å². The molecule has 0 saturated heterocycles. The third kappa shape index (κ3) is 6.59. The number of para-hydroxylation sites is 1. The molecule has 0 spiro atoms. The van der Waals surface area contributed by atoms with E-state index < -0.39 is 30.1 Å². The monoisotopic (exact) mass is 470 g/mol. The van der Waals surface area contributed by atoms with Crippen LogP contribution in [0.5, 0.6) is 0 Å². The number of likely N-dealkylation sites (N-methyl/N-ethyl adjacent to an activating group) is 1. The Hall–Kier alpha value is -2.81. The van der Waals surface area contributed by atoms with Gasteiger partial charge in [-0.3, -0.25) is 14.3 Å². The second-order valence-corrected chi connectivity index (χ2v) is 8.00. The van der Waals surface area contributed by atoms with Crippen LogP contribution in [0.1, 0.15) is 37.6 Å². The van der Waals surface area contributed by atoms with Crippen molar-refractivity contribution in [3.05, 3.63) is 52.3 Å². The number of nitrogens with zero attached hydrogens (tertiary/aromatic N) is 3. The van der Waals surface area contributed by atoms with Crippen molar-refractivity contribution in [3.63, 3.8) is 0 Å². The van der Waals surface area contributed by atoms with E-state index in [9.17, 15) is 22.8 Å². The summed E-state index contributed by atoms with van der Waals surface area (Å²) in [6.45, 7) is 7.93. The first-order valence-electron chi connectivity index (χ1n) is 10.1. The van der Waals surface area contributed by atoms with Crippen molar-refractivity contribution in [2.24, 2.45) is 5.92 Å². The molecule has 1 aromatic heterocycles. The molecule has 1 N–H and O–H groups in total. The van der Waals surface area contributed by atoms with E-state index in [1.807, 2.05) is 13.8 Å². The predicted molar refractivity (Wildman–Crippen MR) is 118 cm³/mol. The fraction of sp³-hybridized carbons (Fsp3) is 0.409. The summed E-state index contributed by atoms with van der Waals surface area (Å²) in [5.74, 6) is -0.870. The average Bonchev–Trinajstić information content (AvgIpc) is 2.96. The summed E-state index contributed by atoms with van der Waals surface area (Å²) in [6.07, 6.45) is -1.80. The fourth-order valence-corrected chi connectivity index (χ4v) is 3.34. The van der Waals surface area contributed by atoms with E-state index >= 15 is 0 Å². The first-order valence-corrected chi connectivity index (χ1v) is 10.5. The molecule has 0 atom stereocenters. The van der Waals surface area contributed by atoms with Gasteiger partial charge in [0.1, 0.15) is 11.7 Å². The minimum Gasteiger partial charge on any atom is -0.330 e. The third-order valence-electron chi connectivity index (χ3n) is 4.57. The molecule has 2 amide bonds. The van der Waals surface area contributed by atoms with Crippen LogP contribution < -0.4 is 5.32 Å². The number of carbonyl (C=O) groups is 2. The van der Waals surface area contributed by atoms with Gasteiger partial charge in [0.05, 0.1) is 16.9 Å². The number of hydrogen-bond acceptors (Lipinski definition) is 3. The van der Waals surface area contributed by atoms with Crippen LogP contribution >= 0.6 is 11.6 Å². The Labute approximate surface area is 190 Å². The molecule has 2 rings (SSSR count). The molecule has 6 nitrogen and oxygen atoms in total. The van der Waals surface area contributed by atoms with E-state index in [1.165, 1.54) is 35.3 Å². The molecular weight excluding hydrogens is 445 g/mol. The highest BCUT2D eigenvalue weighted by Gasteiger charge is 2.33. The number of nitrogens with one attached hydrogen (secondary N) is 1. The largest absolute Gasteiger partial charge is 0.418 e. The van der Waals surface area contributed by atoms with Gasteiger partial charge in [0, 0.05) is 24.7 Å². The van der Waals surface area contributed by atoms with Crippen molar-refractivity contribution in [1.29, 1.82) is 0 Å². The van der Waals surface area contributed by atoms with E-state index in [0.29, 0.717) is 28.9 Å². The first-order chi connectivity index (χ1) is 14.9. The molecule has 0 radical (unpaired) electrons. The molecule has 0 fully saturated rings. The van der Waals surface area contributed by atoms with Crippen LogP contribution in [0.2, 0.25) is 5.15 Å². The number of anilines is 1. The number of aryl methyl sites for hydroxylation is 1. The second kappa shape index (κ2) is 10.7. The lowest BCUT2D eigenvalue weighted by molar-refractivity contribution is -0.137. The molecule has 0 bridgehead atoms. The lowest BCUT2D eigenvalue weighted by Gasteiger charge is -2.19. The molecular formula is C22H26ClF3N4O2. The van der Waals surface area contributed by atoms with Gasteiger partial charge in [0.25, 0.3) is 0 Å². The van der Waals surface area contributed by atoms with Gasteiger partial charge in [-0.25, -0.2) is 0 Å². The zero-order chi connectivity index (χ0) is 24.1. The van der Waals surface area contributed by atoms with Gasteiger partial charge in [-0.1, -0.05) is 37.6 Å². The Balaban J connectivity index is 2.10. The summed E-state index contributed by atoms with van der Waals surface area (Å²) in [4.78, 5) is 26.1. The molecule has 0 unspecified atom stereocenters. The quantitative estimate of drug-likeness (QED) is 0.551. The normalized spacial score (nSPS) is 11.9. The molecule has 10 heteroatoms. The summed E-state index contributed by atoms with van der Waals surface area (Å²) in [5, 5.41) is 7.02. The van der Waals surface area contributed by atoms with Crippen LogP contribution in [0.25, 0.3) is 6.08 Å². The average molecular weight is 471 g/mol. The molecule has 0 aliphatic carbocycles. The van der Waals surface area contributed by atoms with E-state index in [2.05, 4.69) is 10.4 Å². The second-order valence-electron chi connectivity index (χ2n) is 7.64. The van der Waals surface area contributed by atoms with Crippen LogP contribution in [-0.4, -0.2) is 39.6 Å². The first kappa shape index (κ1) is 25.5. The van der Waals surface area contributed by atoms with Crippen LogP contribution in [0.4, 0.5) is 18.9 Å². The van der Waals surface area contributed by atoms with Gasteiger partial charge in [-0.2, -0.15) is 18.3 Å². The number of rotatable bonds is 8. The number of alkyl halides is 3. The van der Waals surface area contributed by atoms with Crippen molar-refractivity contribution in [3.8, 4) is 0 Å². The van der Waals surface area contributed by atoms with Crippen molar-refractivity contribution < 1.29 is 22.8 Å². The van der Waals surface area contributed by atoms with Crippen LogP contribution in [0.3, 0.4) is 0 Å². The summed E-state index contributed by atoms with van der Waals surface area (Å²) < 4.78 is 41.0. The van der Waals surface area contributed by atoms with Crippen molar-refractivity contribution >= 4 is 35.2 Å². The van der Waals surface area contributed by atoms with Gasteiger partial charge < -0.3 is 10.2 Å². The Morgan fingerprint density at radius 2 is 1.94 bits per heavy atom. The topological polar surface area (TPSA) is 67.2 Å². The van der Waals surface area contributed by atoms with E-state index in [-0.39, 0.29) is 12.2 Å². The highest BCUT2D eigenvalue weighted by Crippen LogP contribution is 2.34. The van der Waals surface area contributed by atoms with E-state index in [1.54, 1.807) is 18.5 Å². The molecule has 0 aliphatic heterocycles. The van der Waals surface area contributed by atoms with Crippen molar-refractivity contribution in [1.82, 2.24) is 14.7 Å².